The maximum atomic E-state index is 13.2. The fourth-order valence-corrected chi connectivity index (χ4v) is 3.96. The lowest BCUT2D eigenvalue weighted by molar-refractivity contribution is 0.00648. The van der Waals surface area contributed by atoms with Crippen LogP contribution in [0.3, 0.4) is 0 Å². The van der Waals surface area contributed by atoms with Gasteiger partial charge in [0.2, 0.25) is 0 Å². The molecular weight excluding hydrogens is 494 g/mol. The fourth-order valence-electron chi connectivity index (χ4n) is 3.96. The van der Waals surface area contributed by atoms with Crippen LogP contribution in [-0.4, -0.2) is 33.6 Å². The number of esters is 1. The van der Waals surface area contributed by atoms with Crippen molar-refractivity contribution in [2.45, 2.75) is 52.6 Å². The molecule has 0 aliphatic carbocycles. The molecule has 0 radical (unpaired) electrons. The van der Waals surface area contributed by atoms with Crippen LogP contribution >= 0.6 is 0 Å². The Morgan fingerprint density at radius 2 is 1.54 bits per heavy atom. The first-order chi connectivity index (χ1) is 18.2. The van der Waals surface area contributed by atoms with Crippen molar-refractivity contribution in [1.29, 1.82) is 0 Å². The van der Waals surface area contributed by atoms with Gasteiger partial charge in [-0.25, -0.2) is 4.79 Å². The lowest BCUT2D eigenvalue weighted by Gasteiger charge is -2.19. The van der Waals surface area contributed by atoms with Crippen LogP contribution in [0.4, 0.5) is 17.1 Å². The Hall–Kier alpha value is -4.66. The number of hydrogen-bond donors (Lipinski definition) is 4. The average molecular weight is 528 g/mol. The number of carbonyl (C=O) groups excluding carboxylic acids is 3. The molecule has 5 N–H and O–H groups in total. The monoisotopic (exact) mass is 527 g/mol. The first kappa shape index (κ1) is 27.4. The lowest BCUT2D eigenvalue weighted by Crippen LogP contribution is -2.24. The van der Waals surface area contributed by atoms with E-state index >= 15 is 0 Å². The van der Waals surface area contributed by atoms with Crippen molar-refractivity contribution in [3.05, 3.63) is 83.0 Å². The minimum Gasteiger partial charge on any atom is -0.455 e. The predicted octanol–water partition coefficient (Wildman–Crippen LogP) is 5.90. The zero-order valence-electron chi connectivity index (χ0n) is 22.9. The van der Waals surface area contributed by atoms with Gasteiger partial charge in [-0.2, -0.15) is 5.10 Å². The molecule has 0 spiro atoms. The van der Waals surface area contributed by atoms with Gasteiger partial charge in [0.15, 0.2) is 5.69 Å². The van der Waals surface area contributed by atoms with Gasteiger partial charge >= 0.3 is 5.97 Å². The second-order valence-corrected chi connectivity index (χ2v) is 11.4. The molecule has 0 aliphatic heterocycles. The number of rotatable bonds is 5. The molecule has 9 heteroatoms. The van der Waals surface area contributed by atoms with E-state index in [0.29, 0.717) is 27.8 Å². The van der Waals surface area contributed by atoms with Crippen molar-refractivity contribution in [3.63, 3.8) is 0 Å². The number of H-pyrrole nitrogens is 1. The number of hydrogen-bond acceptors (Lipinski definition) is 6. The number of anilines is 3. The molecule has 0 aliphatic rings. The molecule has 0 bridgehead atoms. The third-order valence-corrected chi connectivity index (χ3v) is 5.96. The maximum Gasteiger partial charge on any atom is 0.360 e. The van der Waals surface area contributed by atoms with Crippen molar-refractivity contribution < 1.29 is 19.1 Å². The van der Waals surface area contributed by atoms with Crippen molar-refractivity contribution in [2.24, 2.45) is 0 Å². The quantitative estimate of drug-likeness (QED) is 0.188. The van der Waals surface area contributed by atoms with E-state index in [0.717, 1.165) is 5.56 Å². The van der Waals surface area contributed by atoms with E-state index in [1.165, 1.54) is 0 Å². The number of nitrogens with zero attached hydrogens (tertiary/aromatic N) is 1. The molecular formula is C30H33N5O4. The summed E-state index contributed by atoms with van der Waals surface area (Å²) in [4.78, 5) is 38.7. The molecule has 4 aromatic rings. The lowest BCUT2D eigenvalue weighted by atomic mass is 9.86. The third kappa shape index (κ3) is 6.43. The standard InChI is InChI=1S/C30H33N5O4/c1-29(2,3)18-9-7-17(8-10-18)26(36)33-23-15-19(31)11-13-22(23)27(37)32-20-12-14-21-24(16-20)34-35-25(21)28(38)39-30(4,5)6/h7-16H,31H2,1-6H3,(H,32,37)(H,33,36)(H,34,35). The average Bonchev–Trinajstić information content (AvgIpc) is 3.26. The molecule has 9 nitrogen and oxygen atoms in total. The van der Waals surface area contributed by atoms with E-state index in [-0.39, 0.29) is 28.3 Å². The minimum absolute atomic E-state index is 0.0371. The molecule has 1 aromatic heterocycles. The molecule has 3 aromatic carbocycles. The van der Waals surface area contributed by atoms with Gasteiger partial charge in [0, 0.05) is 22.3 Å². The summed E-state index contributed by atoms with van der Waals surface area (Å²) in [5.74, 6) is -1.34. The highest BCUT2D eigenvalue weighted by Gasteiger charge is 2.23. The normalized spacial score (nSPS) is 11.7. The minimum atomic E-state index is -0.654. The largest absolute Gasteiger partial charge is 0.455 e. The molecule has 39 heavy (non-hydrogen) atoms. The molecule has 0 unspecified atom stereocenters. The van der Waals surface area contributed by atoms with Crippen LogP contribution in [0.5, 0.6) is 0 Å². The maximum absolute atomic E-state index is 13.2. The van der Waals surface area contributed by atoms with Crippen molar-refractivity contribution >= 4 is 45.7 Å². The molecule has 4 rings (SSSR count). The number of aromatic nitrogens is 2. The van der Waals surface area contributed by atoms with Crippen LogP contribution < -0.4 is 16.4 Å². The van der Waals surface area contributed by atoms with E-state index in [4.69, 9.17) is 10.5 Å². The van der Waals surface area contributed by atoms with E-state index in [9.17, 15) is 14.4 Å². The van der Waals surface area contributed by atoms with Crippen LogP contribution in [0.1, 0.15) is 78.3 Å². The molecule has 202 valence electrons. The SMILES string of the molecule is CC(C)(C)OC(=O)c1n[nH]c2cc(NC(=O)c3ccc(N)cc3NC(=O)c3ccc(C(C)(C)C)cc3)ccc12. The number of amides is 2. The first-order valence-electron chi connectivity index (χ1n) is 12.6. The van der Waals surface area contributed by atoms with Gasteiger partial charge < -0.3 is 21.1 Å². The van der Waals surface area contributed by atoms with Crippen LogP contribution in [-0.2, 0) is 10.2 Å². The van der Waals surface area contributed by atoms with Gasteiger partial charge in [-0.15, -0.1) is 0 Å². The smallest absolute Gasteiger partial charge is 0.360 e. The summed E-state index contributed by atoms with van der Waals surface area (Å²) < 4.78 is 5.41. The molecule has 1 heterocycles. The number of fused-ring (bicyclic) bond motifs is 1. The van der Waals surface area contributed by atoms with E-state index in [1.807, 2.05) is 12.1 Å². The van der Waals surface area contributed by atoms with Gasteiger partial charge in [0.05, 0.1) is 16.8 Å². The Bertz CT molecular complexity index is 1560. The third-order valence-electron chi connectivity index (χ3n) is 5.96. The van der Waals surface area contributed by atoms with Gasteiger partial charge in [0.1, 0.15) is 5.60 Å². The second kappa shape index (κ2) is 10.2. The van der Waals surface area contributed by atoms with Gasteiger partial charge in [-0.3, -0.25) is 14.7 Å². The van der Waals surface area contributed by atoms with Crippen molar-refractivity contribution in [3.8, 4) is 0 Å². The van der Waals surface area contributed by atoms with Gasteiger partial charge in [0.25, 0.3) is 11.8 Å². The number of carbonyl (C=O) groups is 3. The Morgan fingerprint density at radius 3 is 2.18 bits per heavy atom. The molecule has 0 saturated heterocycles. The van der Waals surface area contributed by atoms with Gasteiger partial charge in [-0.05, 0) is 80.3 Å². The molecule has 0 atom stereocenters. The summed E-state index contributed by atoms with van der Waals surface area (Å²) in [5.41, 5.74) is 8.95. The van der Waals surface area contributed by atoms with Crippen molar-refractivity contribution in [1.82, 2.24) is 10.2 Å². The highest BCUT2D eigenvalue weighted by molar-refractivity contribution is 6.13. The summed E-state index contributed by atoms with van der Waals surface area (Å²) in [6.45, 7) is 11.6. The van der Waals surface area contributed by atoms with E-state index < -0.39 is 17.5 Å². The number of nitrogens with one attached hydrogen (secondary N) is 3. The Morgan fingerprint density at radius 1 is 0.846 bits per heavy atom. The van der Waals surface area contributed by atoms with Crippen LogP contribution in [0.15, 0.2) is 60.7 Å². The summed E-state index contributed by atoms with van der Waals surface area (Å²) in [6, 6.07) is 17.1. The Labute approximate surface area is 227 Å². The fraction of sp³-hybridized carbons (Fsp3) is 0.267. The Kier molecular flexibility index (Phi) is 7.19. The molecule has 0 saturated carbocycles. The number of benzene rings is 3. The topological polar surface area (TPSA) is 139 Å². The van der Waals surface area contributed by atoms with E-state index in [2.05, 4.69) is 41.6 Å². The number of nitrogen functional groups attached to an aromatic ring is 1. The number of ether oxygens (including phenoxy) is 1. The molecule has 2 amide bonds. The first-order valence-corrected chi connectivity index (χ1v) is 12.6. The van der Waals surface area contributed by atoms with Crippen LogP contribution in [0.2, 0.25) is 0 Å². The van der Waals surface area contributed by atoms with Crippen molar-refractivity contribution in [2.75, 3.05) is 16.4 Å². The number of nitrogens with two attached hydrogens (primary N) is 1. The zero-order chi connectivity index (χ0) is 28.5. The highest BCUT2D eigenvalue weighted by Crippen LogP contribution is 2.26. The zero-order valence-corrected chi connectivity index (χ0v) is 22.9. The highest BCUT2D eigenvalue weighted by atomic mass is 16.6. The van der Waals surface area contributed by atoms with Crippen LogP contribution in [0, 0.1) is 0 Å². The Balaban J connectivity index is 1.53. The van der Waals surface area contributed by atoms with E-state index in [1.54, 1.807) is 69.3 Å². The van der Waals surface area contributed by atoms with Crippen LogP contribution in [0.25, 0.3) is 10.9 Å². The van der Waals surface area contributed by atoms with Gasteiger partial charge in [-0.1, -0.05) is 32.9 Å². The predicted molar refractivity (Wildman–Crippen MR) is 153 cm³/mol. The number of aromatic amines is 1. The molecule has 0 fully saturated rings. The summed E-state index contributed by atoms with van der Waals surface area (Å²) in [7, 11) is 0. The summed E-state index contributed by atoms with van der Waals surface area (Å²) in [6.07, 6.45) is 0. The second-order valence-electron chi connectivity index (χ2n) is 11.4. The summed E-state index contributed by atoms with van der Waals surface area (Å²) in [5, 5.41) is 13.1. The summed E-state index contributed by atoms with van der Waals surface area (Å²) >= 11 is 0.